The normalized spacial score (nSPS) is 10.0. The van der Waals surface area contributed by atoms with E-state index in [9.17, 15) is 14.4 Å². The number of hydrogen-bond donors (Lipinski definition) is 2. The lowest BCUT2D eigenvalue weighted by atomic mass is 10.3. The molecule has 0 aliphatic carbocycles. The van der Waals surface area contributed by atoms with Crippen molar-refractivity contribution in [1.29, 1.82) is 0 Å². The van der Waals surface area contributed by atoms with Crippen LogP contribution in [-0.4, -0.2) is 50.4 Å². The molecule has 8 nitrogen and oxygen atoms in total. The van der Waals surface area contributed by atoms with Crippen molar-refractivity contribution in [3.05, 3.63) is 18.7 Å². The molecule has 0 saturated heterocycles. The number of nitrogens with two attached hydrogens (primary N) is 1. The van der Waals surface area contributed by atoms with Crippen LogP contribution in [0.4, 0.5) is 0 Å². The fourth-order valence-electron chi connectivity index (χ4n) is 1.39. The lowest BCUT2D eigenvalue weighted by Gasteiger charge is -2.18. The van der Waals surface area contributed by atoms with Crippen LogP contribution in [0.1, 0.15) is 6.42 Å². The summed E-state index contributed by atoms with van der Waals surface area (Å²) in [6.45, 7) is -0.561. The minimum absolute atomic E-state index is 0.0803. The molecule has 0 aliphatic heterocycles. The lowest BCUT2D eigenvalue weighted by Crippen LogP contribution is -2.41. The number of primary amides is 1. The van der Waals surface area contributed by atoms with Crippen LogP contribution in [0.25, 0.3) is 0 Å². The second kappa shape index (κ2) is 6.38. The van der Waals surface area contributed by atoms with Crippen LogP contribution in [0, 0.1) is 0 Å². The molecule has 0 radical (unpaired) electrons. The molecule has 0 aromatic carbocycles. The van der Waals surface area contributed by atoms with Crippen LogP contribution < -0.4 is 5.73 Å². The molecule has 0 atom stereocenters. The third-order valence-electron chi connectivity index (χ3n) is 2.17. The number of carbonyl (C=O) groups is 3. The van der Waals surface area contributed by atoms with Crippen LogP contribution in [-0.2, 0) is 20.9 Å². The largest absolute Gasteiger partial charge is 0.480 e. The summed E-state index contributed by atoms with van der Waals surface area (Å²) in [7, 11) is 0. The number of imidazole rings is 1. The zero-order chi connectivity index (χ0) is 13.5. The Labute approximate surface area is 103 Å². The Hall–Kier alpha value is -2.38. The van der Waals surface area contributed by atoms with Crippen molar-refractivity contribution in [3.63, 3.8) is 0 Å². The van der Waals surface area contributed by atoms with Crippen molar-refractivity contribution in [3.8, 4) is 0 Å². The highest BCUT2D eigenvalue weighted by Gasteiger charge is 2.18. The average Bonchev–Trinajstić information content (AvgIpc) is 2.76. The molecule has 98 valence electrons. The van der Waals surface area contributed by atoms with Gasteiger partial charge in [0.2, 0.25) is 11.8 Å². The molecule has 1 heterocycles. The van der Waals surface area contributed by atoms with Gasteiger partial charge in [-0.05, 0) is 0 Å². The molecule has 18 heavy (non-hydrogen) atoms. The Balaban J connectivity index is 2.52. The molecule has 3 N–H and O–H groups in total. The standard InChI is InChI=1S/C10H14N4O4/c11-8(15)5-14(6-10(17)18)9(16)1-3-13-4-2-12-7-13/h2,4,7H,1,3,5-6H2,(H2,11,15)(H,17,18). The number of carbonyl (C=O) groups excluding carboxylic acids is 2. The van der Waals surface area contributed by atoms with E-state index in [1.54, 1.807) is 23.3 Å². The third-order valence-corrected chi connectivity index (χ3v) is 2.17. The lowest BCUT2D eigenvalue weighted by molar-refractivity contribution is -0.145. The molecule has 1 aromatic heterocycles. The maximum absolute atomic E-state index is 11.7. The van der Waals surface area contributed by atoms with Crippen LogP contribution in [0.2, 0.25) is 0 Å². The molecule has 0 fully saturated rings. The molecule has 0 saturated carbocycles. The summed E-state index contributed by atoms with van der Waals surface area (Å²) in [5, 5.41) is 8.64. The first-order chi connectivity index (χ1) is 8.49. The fraction of sp³-hybridized carbons (Fsp3) is 0.400. The topological polar surface area (TPSA) is 119 Å². The monoisotopic (exact) mass is 254 g/mol. The van der Waals surface area contributed by atoms with Crippen LogP contribution in [0.15, 0.2) is 18.7 Å². The number of aromatic nitrogens is 2. The maximum Gasteiger partial charge on any atom is 0.323 e. The number of carboxylic acids is 1. The zero-order valence-corrected chi connectivity index (χ0v) is 9.65. The third kappa shape index (κ3) is 4.64. The SMILES string of the molecule is NC(=O)CN(CC(=O)O)C(=O)CCn1ccnc1. The zero-order valence-electron chi connectivity index (χ0n) is 9.65. The Morgan fingerprint density at radius 3 is 2.56 bits per heavy atom. The molecule has 8 heteroatoms. The van der Waals surface area contributed by atoms with Crippen molar-refractivity contribution in [2.45, 2.75) is 13.0 Å². The van der Waals surface area contributed by atoms with Crippen LogP contribution in [0.3, 0.4) is 0 Å². The van der Waals surface area contributed by atoms with Gasteiger partial charge >= 0.3 is 5.97 Å². The Bertz CT molecular complexity index is 413. The highest BCUT2D eigenvalue weighted by atomic mass is 16.4. The fourth-order valence-corrected chi connectivity index (χ4v) is 1.39. The van der Waals surface area contributed by atoms with Gasteiger partial charge in [-0.2, -0.15) is 0 Å². The number of amides is 2. The smallest absolute Gasteiger partial charge is 0.323 e. The van der Waals surface area contributed by atoms with Gasteiger partial charge in [-0.1, -0.05) is 0 Å². The van der Waals surface area contributed by atoms with Crippen molar-refractivity contribution < 1.29 is 19.5 Å². The molecule has 0 aliphatic rings. The van der Waals surface area contributed by atoms with Gasteiger partial charge in [-0.15, -0.1) is 0 Å². The van der Waals surface area contributed by atoms with E-state index in [1.165, 1.54) is 0 Å². The second-order valence-electron chi connectivity index (χ2n) is 3.66. The maximum atomic E-state index is 11.7. The minimum Gasteiger partial charge on any atom is -0.480 e. The number of hydrogen-bond acceptors (Lipinski definition) is 4. The second-order valence-corrected chi connectivity index (χ2v) is 3.66. The van der Waals surface area contributed by atoms with Crippen LogP contribution in [0.5, 0.6) is 0 Å². The molecule has 0 bridgehead atoms. The average molecular weight is 254 g/mol. The Morgan fingerprint density at radius 1 is 1.33 bits per heavy atom. The highest BCUT2D eigenvalue weighted by Crippen LogP contribution is 1.98. The van der Waals surface area contributed by atoms with Crippen molar-refractivity contribution in [1.82, 2.24) is 14.5 Å². The van der Waals surface area contributed by atoms with Crippen molar-refractivity contribution in [2.24, 2.45) is 5.73 Å². The molecular formula is C10H14N4O4. The summed E-state index contributed by atoms with van der Waals surface area (Å²) in [4.78, 5) is 37.8. The summed E-state index contributed by atoms with van der Waals surface area (Å²) >= 11 is 0. The van der Waals surface area contributed by atoms with Crippen molar-refractivity contribution >= 4 is 17.8 Å². The quantitative estimate of drug-likeness (QED) is 0.625. The Kier molecular flexibility index (Phi) is 4.85. The minimum atomic E-state index is -1.19. The van der Waals surface area contributed by atoms with E-state index < -0.39 is 30.9 Å². The van der Waals surface area contributed by atoms with Gasteiger partial charge < -0.3 is 20.3 Å². The number of aliphatic carboxylic acids is 1. The van der Waals surface area contributed by atoms with E-state index in [-0.39, 0.29) is 6.42 Å². The first-order valence-electron chi connectivity index (χ1n) is 5.22. The number of aryl methyl sites for hydroxylation is 1. The molecule has 0 unspecified atom stereocenters. The predicted octanol–water partition coefficient (Wildman–Crippen LogP) is -1.33. The number of rotatable bonds is 7. The molecule has 2 amide bonds. The molecular weight excluding hydrogens is 240 g/mol. The van der Waals surface area contributed by atoms with Gasteiger partial charge in [0, 0.05) is 25.4 Å². The van der Waals surface area contributed by atoms with Gasteiger partial charge in [0.05, 0.1) is 12.9 Å². The van der Waals surface area contributed by atoms with Gasteiger partial charge in [0.25, 0.3) is 0 Å². The molecule has 1 rings (SSSR count). The summed E-state index contributed by atoms with van der Waals surface area (Å²) < 4.78 is 1.68. The van der Waals surface area contributed by atoms with Gasteiger partial charge in [0.1, 0.15) is 6.54 Å². The number of carboxylic acid groups (broad SMARTS) is 1. The summed E-state index contributed by atoms with van der Waals surface area (Å²) in [5.41, 5.74) is 4.96. The Morgan fingerprint density at radius 2 is 2.06 bits per heavy atom. The van der Waals surface area contributed by atoms with Crippen molar-refractivity contribution in [2.75, 3.05) is 13.1 Å². The van der Waals surface area contributed by atoms with E-state index >= 15 is 0 Å². The van der Waals surface area contributed by atoms with E-state index in [2.05, 4.69) is 4.98 Å². The summed E-state index contributed by atoms with van der Waals surface area (Å²) in [6, 6.07) is 0. The van der Waals surface area contributed by atoms with Gasteiger partial charge in [0.15, 0.2) is 0 Å². The molecule has 1 aromatic rings. The molecule has 0 spiro atoms. The van der Waals surface area contributed by atoms with E-state index in [1.807, 2.05) is 0 Å². The van der Waals surface area contributed by atoms with Crippen LogP contribution >= 0.6 is 0 Å². The predicted molar refractivity (Wildman–Crippen MR) is 60.3 cm³/mol. The number of nitrogens with zero attached hydrogens (tertiary/aromatic N) is 3. The van der Waals surface area contributed by atoms with Gasteiger partial charge in [-0.3, -0.25) is 14.4 Å². The highest BCUT2D eigenvalue weighted by molar-refractivity contribution is 5.86. The van der Waals surface area contributed by atoms with E-state index in [0.717, 1.165) is 4.90 Å². The van der Waals surface area contributed by atoms with E-state index in [0.29, 0.717) is 6.54 Å². The summed E-state index contributed by atoms with van der Waals surface area (Å²) in [5.74, 6) is -2.37. The summed E-state index contributed by atoms with van der Waals surface area (Å²) in [6.07, 6.45) is 4.88. The first kappa shape index (κ1) is 13.7. The first-order valence-corrected chi connectivity index (χ1v) is 5.22. The van der Waals surface area contributed by atoms with E-state index in [4.69, 9.17) is 10.8 Å². The van der Waals surface area contributed by atoms with Gasteiger partial charge in [-0.25, -0.2) is 4.98 Å².